The highest BCUT2D eigenvalue weighted by Crippen LogP contribution is 2.25. The molecule has 0 saturated carbocycles. The number of hydrogen-bond donors (Lipinski definition) is 1. The van der Waals surface area contributed by atoms with E-state index in [1.54, 1.807) is 0 Å². The Hall–Kier alpha value is -1.32. The van der Waals surface area contributed by atoms with Gasteiger partial charge in [0.25, 0.3) is 0 Å². The van der Waals surface area contributed by atoms with E-state index >= 15 is 0 Å². The zero-order valence-corrected chi connectivity index (χ0v) is 12.9. The summed E-state index contributed by atoms with van der Waals surface area (Å²) >= 11 is 3.52. The standard InChI is InChI=1S/C16H19BrN2/c1-12-4-3-5-13(8-12)11-19(2)16-9-15(17)7-6-14(16)10-18/h3-9H,10-11,18H2,1-2H3. The lowest BCUT2D eigenvalue weighted by molar-refractivity contribution is 0.902. The summed E-state index contributed by atoms with van der Waals surface area (Å²) in [7, 11) is 2.10. The van der Waals surface area contributed by atoms with Crippen molar-refractivity contribution in [1.82, 2.24) is 0 Å². The summed E-state index contributed by atoms with van der Waals surface area (Å²) in [6.07, 6.45) is 0. The monoisotopic (exact) mass is 318 g/mol. The molecule has 0 radical (unpaired) electrons. The van der Waals surface area contributed by atoms with Crippen LogP contribution in [0.3, 0.4) is 0 Å². The SMILES string of the molecule is Cc1cccc(CN(C)c2cc(Br)ccc2CN)c1. The molecule has 19 heavy (non-hydrogen) atoms. The molecule has 2 aromatic carbocycles. The number of rotatable bonds is 4. The van der Waals surface area contributed by atoms with Crippen LogP contribution >= 0.6 is 15.9 Å². The summed E-state index contributed by atoms with van der Waals surface area (Å²) < 4.78 is 1.08. The quantitative estimate of drug-likeness (QED) is 0.927. The number of nitrogens with zero attached hydrogens (tertiary/aromatic N) is 1. The maximum Gasteiger partial charge on any atom is 0.0426 e. The number of aryl methyl sites for hydroxylation is 1. The van der Waals surface area contributed by atoms with E-state index in [4.69, 9.17) is 5.73 Å². The highest BCUT2D eigenvalue weighted by molar-refractivity contribution is 9.10. The van der Waals surface area contributed by atoms with E-state index in [9.17, 15) is 0 Å². The summed E-state index contributed by atoms with van der Waals surface area (Å²) in [6.45, 7) is 3.56. The average molecular weight is 319 g/mol. The third-order valence-corrected chi connectivity index (χ3v) is 3.67. The number of benzene rings is 2. The largest absolute Gasteiger partial charge is 0.370 e. The second-order valence-corrected chi connectivity index (χ2v) is 5.74. The van der Waals surface area contributed by atoms with Crippen LogP contribution in [-0.2, 0) is 13.1 Å². The lowest BCUT2D eigenvalue weighted by atomic mass is 10.1. The van der Waals surface area contributed by atoms with Gasteiger partial charge in [-0.15, -0.1) is 0 Å². The van der Waals surface area contributed by atoms with Gasteiger partial charge in [0.1, 0.15) is 0 Å². The van der Waals surface area contributed by atoms with Gasteiger partial charge in [-0.3, -0.25) is 0 Å². The van der Waals surface area contributed by atoms with Crippen molar-refractivity contribution in [3.63, 3.8) is 0 Å². The van der Waals surface area contributed by atoms with Crippen molar-refractivity contribution >= 4 is 21.6 Å². The second kappa shape index (κ2) is 6.22. The first-order valence-corrected chi connectivity index (χ1v) is 7.14. The maximum atomic E-state index is 5.81. The van der Waals surface area contributed by atoms with Crippen LogP contribution in [0.15, 0.2) is 46.9 Å². The highest BCUT2D eigenvalue weighted by Gasteiger charge is 2.08. The van der Waals surface area contributed by atoms with Gasteiger partial charge >= 0.3 is 0 Å². The lowest BCUT2D eigenvalue weighted by Crippen LogP contribution is -2.19. The zero-order chi connectivity index (χ0) is 13.8. The summed E-state index contributed by atoms with van der Waals surface area (Å²) in [5.74, 6) is 0. The molecule has 0 saturated heterocycles. The molecule has 0 unspecified atom stereocenters. The van der Waals surface area contributed by atoms with Gasteiger partial charge in [0.2, 0.25) is 0 Å². The topological polar surface area (TPSA) is 29.3 Å². The predicted molar refractivity (Wildman–Crippen MR) is 85.3 cm³/mol. The van der Waals surface area contributed by atoms with Crippen LogP contribution in [0.25, 0.3) is 0 Å². The molecule has 0 fully saturated rings. The van der Waals surface area contributed by atoms with Crippen LogP contribution in [0.5, 0.6) is 0 Å². The second-order valence-electron chi connectivity index (χ2n) is 4.82. The van der Waals surface area contributed by atoms with Crippen molar-refractivity contribution in [3.05, 3.63) is 63.6 Å². The molecule has 0 aliphatic rings. The molecule has 2 nitrogen and oxygen atoms in total. The molecule has 2 rings (SSSR count). The Bertz CT molecular complexity index is 566. The van der Waals surface area contributed by atoms with Crippen LogP contribution in [0.2, 0.25) is 0 Å². The molecule has 100 valence electrons. The van der Waals surface area contributed by atoms with Crippen LogP contribution < -0.4 is 10.6 Å². The number of hydrogen-bond acceptors (Lipinski definition) is 2. The Morgan fingerprint density at radius 2 is 1.95 bits per heavy atom. The van der Waals surface area contributed by atoms with E-state index in [1.807, 2.05) is 6.07 Å². The first kappa shape index (κ1) is 14.1. The number of halogens is 1. The van der Waals surface area contributed by atoms with Gasteiger partial charge in [-0.25, -0.2) is 0 Å². The van der Waals surface area contributed by atoms with Gasteiger partial charge in [0.15, 0.2) is 0 Å². The molecule has 0 heterocycles. The van der Waals surface area contributed by atoms with E-state index in [1.165, 1.54) is 22.4 Å². The molecule has 0 bridgehead atoms. The average Bonchev–Trinajstić information content (AvgIpc) is 2.38. The molecule has 0 spiro atoms. The van der Waals surface area contributed by atoms with E-state index in [2.05, 4.69) is 71.2 Å². The zero-order valence-electron chi connectivity index (χ0n) is 11.4. The lowest BCUT2D eigenvalue weighted by Gasteiger charge is -2.23. The van der Waals surface area contributed by atoms with Crippen LogP contribution in [0.4, 0.5) is 5.69 Å². The third-order valence-electron chi connectivity index (χ3n) is 3.18. The smallest absolute Gasteiger partial charge is 0.0426 e. The third kappa shape index (κ3) is 3.58. The van der Waals surface area contributed by atoms with Gasteiger partial charge in [-0.05, 0) is 30.2 Å². The van der Waals surface area contributed by atoms with E-state index in [0.717, 1.165) is 11.0 Å². The fraction of sp³-hybridized carbons (Fsp3) is 0.250. The van der Waals surface area contributed by atoms with Gasteiger partial charge in [0.05, 0.1) is 0 Å². The van der Waals surface area contributed by atoms with Gasteiger partial charge < -0.3 is 10.6 Å². The van der Waals surface area contributed by atoms with Crippen molar-refractivity contribution in [3.8, 4) is 0 Å². The Morgan fingerprint density at radius 1 is 1.16 bits per heavy atom. The molecule has 0 aliphatic carbocycles. The summed E-state index contributed by atoms with van der Waals surface area (Å²) in [4.78, 5) is 2.24. The Kier molecular flexibility index (Phi) is 4.61. The van der Waals surface area contributed by atoms with Crippen molar-refractivity contribution in [2.24, 2.45) is 5.73 Å². The highest BCUT2D eigenvalue weighted by atomic mass is 79.9. The van der Waals surface area contributed by atoms with E-state index in [0.29, 0.717) is 6.54 Å². The minimum absolute atomic E-state index is 0.556. The van der Waals surface area contributed by atoms with Gasteiger partial charge in [0, 0.05) is 30.3 Å². The van der Waals surface area contributed by atoms with Crippen molar-refractivity contribution in [2.45, 2.75) is 20.0 Å². The van der Waals surface area contributed by atoms with Crippen LogP contribution in [0.1, 0.15) is 16.7 Å². The predicted octanol–water partition coefficient (Wildman–Crippen LogP) is 3.85. The van der Waals surface area contributed by atoms with Crippen LogP contribution in [-0.4, -0.2) is 7.05 Å². The molecule has 0 aromatic heterocycles. The summed E-state index contributed by atoms with van der Waals surface area (Å²) in [5.41, 5.74) is 10.8. The fourth-order valence-electron chi connectivity index (χ4n) is 2.23. The van der Waals surface area contributed by atoms with E-state index < -0.39 is 0 Å². The summed E-state index contributed by atoms with van der Waals surface area (Å²) in [5, 5.41) is 0. The van der Waals surface area contributed by atoms with Crippen LogP contribution in [0, 0.1) is 6.92 Å². The van der Waals surface area contributed by atoms with Crippen molar-refractivity contribution < 1.29 is 0 Å². The van der Waals surface area contributed by atoms with Gasteiger partial charge in [-0.2, -0.15) is 0 Å². The maximum absolute atomic E-state index is 5.81. The molecule has 3 heteroatoms. The Balaban J connectivity index is 2.24. The van der Waals surface area contributed by atoms with E-state index in [-0.39, 0.29) is 0 Å². The first-order valence-electron chi connectivity index (χ1n) is 6.35. The Morgan fingerprint density at radius 3 is 2.63 bits per heavy atom. The Labute approximate surface area is 123 Å². The molecule has 2 N–H and O–H groups in total. The van der Waals surface area contributed by atoms with Crippen molar-refractivity contribution in [2.75, 3.05) is 11.9 Å². The van der Waals surface area contributed by atoms with Gasteiger partial charge in [-0.1, -0.05) is 51.8 Å². The normalized spacial score (nSPS) is 10.5. The first-order chi connectivity index (χ1) is 9.10. The number of nitrogens with two attached hydrogens (primary N) is 1. The summed E-state index contributed by atoms with van der Waals surface area (Å²) in [6, 6.07) is 14.8. The molecule has 2 aromatic rings. The fourth-order valence-corrected chi connectivity index (χ4v) is 2.58. The molecule has 0 atom stereocenters. The molecular formula is C16H19BrN2. The molecular weight excluding hydrogens is 300 g/mol. The minimum atomic E-state index is 0.556. The van der Waals surface area contributed by atoms with Crippen molar-refractivity contribution in [1.29, 1.82) is 0 Å². The number of anilines is 1. The molecule has 0 amide bonds. The minimum Gasteiger partial charge on any atom is -0.370 e. The molecule has 0 aliphatic heterocycles.